The first-order chi connectivity index (χ1) is 16.6. The van der Waals surface area contributed by atoms with Crippen molar-refractivity contribution in [3.63, 3.8) is 0 Å². The van der Waals surface area contributed by atoms with Crippen molar-refractivity contribution in [2.75, 3.05) is 4.90 Å². The molecule has 1 amide bonds. The van der Waals surface area contributed by atoms with Gasteiger partial charge in [0, 0.05) is 17.4 Å². The second-order valence-corrected chi connectivity index (χ2v) is 8.61. The van der Waals surface area contributed by atoms with Crippen LogP contribution >= 0.6 is 11.8 Å². The summed E-state index contributed by atoms with van der Waals surface area (Å²) >= 11 is 1.30. The van der Waals surface area contributed by atoms with Gasteiger partial charge < -0.3 is 0 Å². The summed E-state index contributed by atoms with van der Waals surface area (Å²) in [5, 5.41) is 0.570. The number of halogens is 2. The number of nitrogens with zero attached hydrogens (tertiary/aromatic N) is 2. The first-order valence-electron chi connectivity index (χ1n) is 10.6. The van der Waals surface area contributed by atoms with Crippen LogP contribution in [0.1, 0.15) is 5.56 Å². The Bertz CT molecular complexity index is 1340. The maximum absolute atomic E-state index is 13.5. The number of para-hydroxylation sites is 2. The smallest absolute Gasteiger partial charge is 0.286 e. The van der Waals surface area contributed by atoms with Crippen LogP contribution in [0.4, 0.5) is 20.2 Å². The third-order valence-corrected chi connectivity index (χ3v) is 6.20. The highest BCUT2D eigenvalue weighted by atomic mass is 32.2. The molecule has 1 aliphatic rings. The number of amides is 1. The van der Waals surface area contributed by atoms with E-state index in [-0.39, 0.29) is 5.91 Å². The van der Waals surface area contributed by atoms with Gasteiger partial charge in [-0.15, -0.1) is 0 Å². The number of hydrogen-bond acceptors (Lipinski definition) is 3. The topological polar surface area (TPSA) is 32.7 Å². The Hall–Kier alpha value is -4.03. The molecule has 0 N–H and O–H groups in total. The number of rotatable bonds is 4. The fourth-order valence-electron chi connectivity index (χ4n) is 3.66. The Balaban J connectivity index is 1.41. The van der Waals surface area contributed by atoms with Crippen molar-refractivity contribution >= 4 is 40.3 Å². The molecule has 166 valence electrons. The van der Waals surface area contributed by atoms with Gasteiger partial charge in [-0.2, -0.15) is 4.99 Å². The molecule has 0 aliphatic carbocycles. The van der Waals surface area contributed by atoms with Crippen LogP contribution in [0.2, 0.25) is 0 Å². The molecule has 1 heterocycles. The Morgan fingerprint density at radius 1 is 0.706 bits per heavy atom. The molecule has 0 saturated carbocycles. The van der Waals surface area contributed by atoms with Crippen molar-refractivity contribution in [1.29, 1.82) is 0 Å². The molecule has 34 heavy (non-hydrogen) atoms. The lowest BCUT2D eigenvalue weighted by atomic mass is 10.0. The third-order valence-electron chi connectivity index (χ3n) is 5.23. The quantitative estimate of drug-likeness (QED) is 0.292. The molecule has 5 rings (SSSR count). The highest BCUT2D eigenvalue weighted by Gasteiger charge is 2.28. The summed E-state index contributed by atoms with van der Waals surface area (Å²) in [4.78, 5) is 19.5. The highest BCUT2D eigenvalue weighted by molar-refractivity contribution is 8.18. The number of anilines is 2. The number of carbonyl (C=O) groups excluding carboxylic acids is 1. The minimum Gasteiger partial charge on any atom is -0.289 e. The molecule has 0 radical (unpaired) electrons. The van der Waals surface area contributed by atoms with Gasteiger partial charge in [0.05, 0.1) is 4.91 Å². The summed E-state index contributed by atoms with van der Waals surface area (Å²) in [6.07, 6.45) is 1.77. The minimum atomic E-state index is -0.625. The van der Waals surface area contributed by atoms with Crippen LogP contribution in [-0.4, -0.2) is 11.1 Å². The minimum absolute atomic E-state index is 0.312. The Morgan fingerprint density at radius 3 is 1.82 bits per heavy atom. The van der Waals surface area contributed by atoms with Gasteiger partial charge in [-0.05, 0) is 70.9 Å². The van der Waals surface area contributed by atoms with E-state index in [9.17, 15) is 13.6 Å². The molecule has 0 aromatic heterocycles. The fraction of sp³-hybridized carbons (Fsp3) is 0. The average molecular weight is 469 g/mol. The van der Waals surface area contributed by atoms with Crippen molar-refractivity contribution in [3.05, 3.63) is 125 Å². The molecule has 0 spiro atoms. The van der Waals surface area contributed by atoms with Gasteiger partial charge in [-0.1, -0.05) is 60.7 Å². The summed E-state index contributed by atoms with van der Waals surface area (Å²) in [6, 6.07) is 30.1. The van der Waals surface area contributed by atoms with Gasteiger partial charge in [0.2, 0.25) is 0 Å². The summed E-state index contributed by atoms with van der Waals surface area (Å²) in [5.74, 6) is -1.56. The van der Waals surface area contributed by atoms with Crippen molar-refractivity contribution in [2.45, 2.75) is 0 Å². The van der Waals surface area contributed by atoms with E-state index in [1.54, 1.807) is 18.2 Å². The van der Waals surface area contributed by atoms with Crippen LogP contribution in [0.15, 0.2) is 113 Å². The lowest BCUT2D eigenvalue weighted by Gasteiger charge is -2.23. The summed E-state index contributed by atoms with van der Waals surface area (Å²) in [5.41, 5.74) is 3.73. The largest absolute Gasteiger partial charge is 0.289 e. The lowest BCUT2D eigenvalue weighted by molar-refractivity contribution is -0.113. The zero-order valence-electron chi connectivity index (χ0n) is 17.9. The maximum Gasteiger partial charge on any atom is 0.286 e. The Kier molecular flexibility index (Phi) is 6.06. The van der Waals surface area contributed by atoms with E-state index in [0.29, 0.717) is 21.2 Å². The number of hydrogen-bond donors (Lipinski definition) is 0. The number of thioether (sulfide) groups is 1. The van der Waals surface area contributed by atoms with Crippen LogP contribution < -0.4 is 4.90 Å². The summed E-state index contributed by atoms with van der Waals surface area (Å²) < 4.78 is 27.1. The Morgan fingerprint density at radius 2 is 1.26 bits per heavy atom. The van der Waals surface area contributed by atoms with Gasteiger partial charge in [-0.3, -0.25) is 9.69 Å². The van der Waals surface area contributed by atoms with E-state index in [0.717, 1.165) is 23.0 Å². The second kappa shape index (κ2) is 9.45. The molecule has 0 bridgehead atoms. The predicted octanol–water partition coefficient (Wildman–Crippen LogP) is 7.44. The molecule has 0 saturated heterocycles. The molecule has 0 atom stereocenters. The molecular weight excluding hydrogens is 450 g/mol. The highest BCUT2D eigenvalue weighted by Crippen LogP contribution is 2.36. The average Bonchev–Trinajstić information content (AvgIpc) is 3.20. The molecular formula is C28H18F2N2OS. The van der Waals surface area contributed by atoms with E-state index in [1.807, 2.05) is 77.7 Å². The fourth-order valence-corrected chi connectivity index (χ4v) is 4.62. The zero-order chi connectivity index (χ0) is 23.5. The first-order valence-corrected chi connectivity index (χ1v) is 11.4. The van der Waals surface area contributed by atoms with Crippen LogP contribution in [0.5, 0.6) is 0 Å². The van der Waals surface area contributed by atoms with Gasteiger partial charge in [0.25, 0.3) is 5.91 Å². The predicted molar refractivity (Wildman–Crippen MR) is 135 cm³/mol. The second-order valence-electron chi connectivity index (χ2n) is 7.60. The van der Waals surface area contributed by atoms with Gasteiger partial charge in [-0.25, -0.2) is 8.78 Å². The van der Waals surface area contributed by atoms with Crippen molar-refractivity contribution in [2.24, 2.45) is 4.99 Å². The normalized spacial score (nSPS) is 14.4. The summed E-state index contributed by atoms with van der Waals surface area (Å²) in [6.45, 7) is 0. The molecule has 0 fully saturated rings. The van der Waals surface area contributed by atoms with E-state index in [2.05, 4.69) is 4.99 Å². The van der Waals surface area contributed by atoms with Gasteiger partial charge in [0.15, 0.2) is 5.17 Å². The molecule has 4 aromatic carbocycles. The summed E-state index contributed by atoms with van der Waals surface area (Å²) in [7, 11) is 0. The molecule has 0 unspecified atom stereocenters. The van der Waals surface area contributed by atoms with Gasteiger partial charge in [0.1, 0.15) is 11.6 Å². The van der Waals surface area contributed by atoms with E-state index in [1.165, 1.54) is 23.9 Å². The number of amidine groups is 1. The number of carbonyl (C=O) groups is 1. The third kappa shape index (κ3) is 4.67. The SMILES string of the molecule is O=C1N=C(N(c2ccccc2)c2ccccc2)SC1=Cc1ccc(-c2cc(F)cc(F)c2)cc1. The molecule has 4 aromatic rings. The van der Waals surface area contributed by atoms with Crippen LogP contribution in [0.3, 0.4) is 0 Å². The van der Waals surface area contributed by atoms with Crippen molar-refractivity contribution < 1.29 is 13.6 Å². The van der Waals surface area contributed by atoms with Crippen LogP contribution in [-0.2, 0) is 4.79 Å². The standard InChI is InChI=1S/C28H18F2N2OS/c29-22-16-21(17-23(30)18-22)20-13-11-19(12-14-20)15-26-27(33)31-28(34-26)32(24-7-3-1-4-8-24)25-9-5-2-6-10-25/h1-18H. The lowest BCUT2D eigenvalue weighted by Crippen LogP contribution is -2.21. The maximum atomic E-state index is 13.5. The van der Waals surface area contributed by atoms with Gasteiger partial charge >= 0.3 is 0 Å². The van der Waals surface area contributed by atoms with Crippen molar-refractivity contribution in [1.82, 2.24) is 0 Å². The van der Waals surface area contributed by atoms with E-state index < -0.39 is 11.6 Å². The van der Waals surface area contributed by atoms with Crippen molar-refractivity contribution in [3.8, 4) is 11.1 Å². The zero-order valence-corrected chi connectivity index (χ0v) is 18.7. The number of benzene rings is 4. The Labute approximate surface area is 200 Å². The monoisotopic (exact) mass is 468 g/mol. The molecule has 3 nitrogen and oxygen atoms in total. The molecule has 6 heteroatoms. The van der Waals surface area contributed by atoms with E-state index >= 15 is 0 Å². The number of aliphatic imine (C=N–C) groups is 1. The van der Waals surface area contributed by atoms with E-state index in [4.69, 9.17) is 0 Å². The van der Waals surface area contributed by atoms with Crippen LogP contribution in [0, 0.1) is 11.6 Å². The molecule has 1 aliphatic heterocycles. The first kappa shape index (κ1) is 21.8. The van der Waals surface area contributed by atoms with Crippen LogP contribution in [0.25, 0.3) is 17.2 Å².